The number of rotatable bonds is 5. The van der Waals surface area contributed by atoms with Gasteiger partial charge in [0.05, 0.1) is 6.20 Å². The zero-order valence-corrected chi connectivity index (χ0v) is 11.1. The molecule has 0 radical (unpaired) electrons. The van der Waals surface area contributed by atoms with Gasteiger partial charge in [0.1, 0.15) is 22.9 Å². The molecule has 96 valence electrons. The first kappa shape index (κ1) is 12.8. The summed E-state index contributed by atoms with van der Waals surface area (Å²) in [6, 6.07) is 0. The van der Waals surface area contributed by atoms with Gasteiger partial charge in [-0.25, -0.2) is 20.8 Å². The molecule has 0 amide bonds. The Morgan fingerprint density at radius 1 is 1.44 bits per heavy atom. The molecule has 3 N–H and O–H groups in total. The third-order valence-electron chi connectivity index (χ3n) is 2.35. The van der Waals surface area contributed by atoms with E-state index in [1.807, 2.05) is 6.92 Å². The maximum Gasteiger partial charge on any atom is 0.261 e. The minimum absolute atomic E-state index is 0.558. The molecular formula is C11H15N5OS. The highest BCUT2D eigenvalue weighted by Crippen LogP contribution is 2.30. The summed E-state index contributed by atoms with van der Waals surface area (Å²) in [4.78, 5) is 12.9. The van der Waals surface area contributed by atoms with Crippen LogP contribution in [-0.2, 0) is 6.42 Å². The zero-order chi connectivity index (χ0) is 13.0. The van der Waals surface area contributed by atoms with Crippen molar-refractivity contribution in [1.82, 2.24) is 15.0 Å². The minimum atomic E-state index is 0.558. The Kier molecular flexibility index (Phi) is 4.16. The number of hydrazine groups is 1. The Labute approximate surface area is 109 Å². The predicted molar refractivity (Wildman–Crippen MR) is 69.2 cm³/mol. The predicted octanol–water partition coefficient (Wildman–Crippen LogP) is 2.16. The van der Waals surface area contributed by atoms with Crippen molar-refractivity contribution in [2.75, 3.05) is 5.43 Å². The van der Waals surface area contributed by atoms with Gasteiger partial charge in [0.25, 0.3) is 5.22 Å². The number of aromatic nitrogens is 3. The molecule has 2 heterocycles. The van der Waals surface area contributed by atoms with Crippen molar-refractivity contribution in [2.24, 2.45) is 5.84 Å². The van der Waals surface area contributed by atoms with Crippen LogP contribution in [0.15, 0.2) is 27.1 Å². The Balaban J connectivity index is 2.34. The fourth-order valence-electron chi connectivity index (χ4n) is 1.46. The second-order valence-electron chi connectivity index (χ2n) is 3.71. The average Bonchev–Trinajstić information content (AvgIpc) is 2.86. The summed E-state index contributed by atoms with van der Waals surface area (Å²) >= 11 is 1.37. The van der Waals surface area contributed by atoms with Crippen LogP contribution >= 0.6 is 11.8 Å². The lowest BCUT2D eigenvalue weighted by atomic mass is 10.3. The summed E-state index contributed by atoms with van der Waals surface area (Å²) in [5.41, 5.74) is 3.49. The van der Waals surface area contributed by atoms with Gasteiger partial charge in [-0.1, -0.05) is 6.92 Å². The molecular weight excluding hydrogens is 250 g/mol. The third-order valence-corrected chi connectivity index (χ3v) is 3.32. The molecule has 0 aromatic carbocycles. The van der Waals surface area contributed by atoms with Crippen molar-refractivity contribution in [3.05, 3.63) is 23.8 Å². The molecule has 0 bridgehead atoms. The number of nitrogens with one attached hydrogen (secondary N) is 1. The smallest absolute Gasteiger partial charge is 0.261 e. The van der Waals surface area contributed by atoms with Gasteiger partial charge in [0, 0.05) is 12.0 Å². The Bertz CT molecular complexity index is 514. The van der Waals surface area contributed by atoms with E-state index in [4.69, 9.17) is 10.3 Å². The standard InChI is InChI=1S/C11H15N5OS/c1-3-4-8-14-9(16-12)7(2)10(15-8)18-11-13-5-6-17-11/h5-6H,3-4,12H2,1-2H3,(H,14,15,16). The molecule has 18 heavy (non-hydrogen) atoms. The largest absolute Gasteiger partial charge is 0.440 e. The highest BCUT2D eigenvalue weighted by Gasteiger charge is 2.13. The fourth-order valence-corrected chi connectivity index (χ4v) is 2.24. The highest BCUT2D eigenvalue weighted by atomic mass is 32.2. The van der Waals surface area contributed by atoms with E-state index < -0.39 is 0 Å². The van der Waals surface area contributed by atoms with Crippen molar-refractivity contribution in [3.8, 4) is 0 Å². The van der Waals surface area contributed by atoms with E-state index in [-0.39, 0.29) is 0 Å². The number of oxazole rings is 1. The van der Waals surface area contributed by atoms with Gasteiger partial charge in [-0.05, 0) is 25.1 Å². The highest BCUT2D eigenvalue weighted by molar-refractivity contribution is 7.99. The van der Waals surface area contributed by atoms with E-state index in [9.17, 15) is 0 Å². The van der Waals surface area contributed by atoms with Crippen LogP contribution in [0.1, 0.15) is 24.7 Å². The van der Waals surface area contributed by atoms with Crippen molar-refractivity contribution in [3.63, 3.8) is 0 Å². The Morgan fingerprint density at radius 2 is 2.28 bits per heavy atom. The van der Waals surface area contributed by atoms with Gasteiger partial charge in [0.15, 0.2) is 0 Å². The maximum atomic E-state index is 5.47. The van der Waals surface area contributed by atoms with Gasteiger partial charge in [0.2, 0.25) is 0 Å². The summed E-state index contributed by atoms with van der Waals surface area (Å²) in [6.07, 6.45) is 4.94. The number of nitrogen functional groups attached to an aromatic ring is 1. The molecule has 0 atom stereocenters. The van der Waals surface area contributed by atoms with Gasteiger partial charge in [-0.15, -0.1) is 0 Å². The summed E-state index contributed by atoms with van der Waals surface area (Å²) in [7, 11) is 0. The van der Waals surface area contributed by atoms with Crippen molar-refractivity contribution in [1.29, 1.82) is 0 Å². The third kappa shape index (κ3) is 2.80. The normalized spacial score (nSPS) is 10.6. The van der Waals surface area contributed by atoms with E-state index in [2.05, 4.69) is 27.3 Å². The van der Waals surface area contributed by atoms with E-state index in [0.29, 0.717) is 11.0 Å². The number of nitrogens with two attached hydrogens (primary N) is 1. The number of anilines is 1. The van der Waals surface area contributed by atoms with Crippen LogP contribution in [0.3, 0.4) is 0 Å². The monoisotopic (exact) mass is 265 g/mol. The van der Waals surface area contributed by atoms with E-state index in [1.165, 1.54) is 18.0 Å². The van der Waals surface area contributed by atoms with Crippen LogP contribution in [0, 0.1) is 6.92 Å². The molecule has 2 rings (SSSR count). The molecule has 0 saturated carbocycles. The quantitative estimate of drug-likeness (QED) is 0.486. The SMILES string of the molecule is CCCc1nc(NN)c(C)c(Sc2ncco2)n1. The van der Waals surface area contributed by atoms with Crippen molar-refractivity contribution < 1.29 is 4.42 Å². The average molecular weight is 265 g/mol. The molecule has 0 aliphatic heterocycles. The second-order valence-corrected chi connectivity index (χ2v) is 4.65. The molecule has 0 aliphatic rings. The van der Waals surface area contributed by atoms with Gasteiger partial charge in [-0.2, -0.15) is 0 Å². The van der Waals surface area contributed by atoms with Crippen LogP contribution in [0.5, 0.6) is 0 Å². The molecule has 2 aromatic rings. The lowest BCUT2D eigenvalue weighted by Crippen LogP contribution is -2.13. The minimum Gasteiger partial charge on any atom is -0.440 e. The van der Waals surface area contributed by atoms with Crippen LogP contribution in [0.2, 0.25) is 0 Å². The molecule has 0 unspecified atom stereocenters. The van der Waals surface area contributed by atoms with Crippen LogP contribution < -0.4 is 11.3 Å². The molecule has 7 heteroatoms. The first-order valence-corrected chi connectivity index (χ1v) is 6.47. The molecule has 0 fully saturated rings. The van der Waals surface area contributed by atoms with E-state index in [0.717, 1.165) is 29.3 Å². The van der Waals surface area contributed by atoms with Gasteiger partial charge >= 0.3 is 0 Å². The Hall–Kier alpha value is -1.60. The summed E-state index contributed by atoms with van der Waals surface area (Å²) in [6.45, 7) is 4.00. The zero-order valence-electron chi connectivity index (χ0n) is 10.3. The molecule has 0 aliphatic carbocycles. The van der Waals surface area contributed by atoms with Crippen LogP contribution in [-0.4, -0.2) is 15.0 Å². The van der Waals surface area contributed by atoms with Gasteiger partial charge < -0.3 is 9.84 Å². The molecule has 2 aromatic heterocycles. The maximum absolute atomic E-state index is 5.47. The lowest BCUT2D eigenvalue weighted by molar-refractivity contribution is 0.454. The molecule has 0 saturated heterocycles. The van der Waals surface area contributed by atoms with Crippen molar-refractivity contribution >= 4 is 17.6 Å². The number of nitrogens with zero attached hydrogens (tertiary/aromatic N) is 3. The van der Waals surface area contributed by atoms with E-state index in [1.54, 1.807) is 6.20 Å². The fraction of sp³-hybridized carbons (Fsp3) is 0.364. The lowest BCUT2D eigenvalue weighted by Gasteiger charge is -2.10. The Morgan fingerprint density at radius 3 is 2.89 bits per heavy atom. The second kappa shape index (κ2) is 5.83. The number of hydrogen-bond donors (Lipinski definition) is 2. The van der Waals surface area contributed by atoms with Crippen LogP contribution in [0.25, 0.3) is 0 Å². The summed E-state index contributed by atoms with van der Waals surface area (Å²) < 4.78 is 5.21. The van der Waals surface area contributed by atoms with Crippen LogP contribution in [0.4, 0.5) is 5.82 Å². The van der Waals surface area contributed by atoms with Crippen molar-refractivity contribution in [2.45, 2.75) is 36.9 Å². The van der Waals surface area contributed by atoms with E-state index >= 15 is 0 Å². The first-order chi connectivity index (χ1) is 8.74. The molecule has 0 spiro atoms. The topological polar surface area (TPSA) is 89.9 Å². The summed E-state index contributed by atoms with van der Waals surface area (Å²) in [5.74, 6) is 6.88. The molecule has 6 nitrogen and oxygen atoms in total. The number of hydrogen-bond acceptors (Lipinski definition) is 7. The van der Waals surface area contributed by atoms with Gasteiger partial charge in [-0.3, -0.25) is 0 Å². The first-order valence-electron chi connectivity index (χ1n) is 5.66. The summed E-state index contributed by atoms with van der Waals surface area (Å²) in [5, 5.41) is 1.37. The number of aryl methyl sites for hydroxylation is 1.